The first-order valence-electron chi connectivity index (χ1n) is 11.0. The average Bonchev–Trinajstić information content (AvgIpc) is 3.29. The second kappa shape index (κ2) is 9.58. The first-order chi connectivity index (χ1) is 15.7. The van der Waals surface area contributed by atoms with Crippen molar-refractivity contribution in [1.29, 1.82) is 0 Å². The number of rotatable bonds is 4. The molecule has 0 aliphatic carbocycles. The van der Waals surface area contributed by atoms with Crippen molar-refractivity contribution < 1.29 is 32.0 Å². The van der Waals surface area contributed by atoms with Gasteiger partial charge in [-0.2, -0.15) is 4.98 Å². The maximum absolute atomic E-state index is 13.2. The van der Waals surface area contributed by atoms with Gasteiger partial charge >= 0.3 is 12.4 Å². The second-order valence-electron chi connectivity index (χ2n) is 8.68. The van der Waals surface area contributed by atoms with Crippen molar-refractivity contribution >= 4 is 6.03 Å². The van der Waals surface area contributed by atoms with E-state index in [-0.39, 0.29) is 29.5 Å². The average molecular weight is 468 g/mol. The molecule has 8 nitrogen and oxygen atoms in total. The van der Waals surface area contributed by atoms with Crippen molar-refractivity contribution in [2.45, 2.75) is 44.4 Å². The summed E-state index contributed by atoms with van der Waals surface area (Å²) in [4.78, 5) is 21.2. The molecule has 2 amide bonds. The Morgan fingerprint density at radius 3 is 2.55 bits per heavy atom. The number of ether oxygens (including phenoxy) is 2. The van der Waals surface area contributed by atoms with Gasteiger partial charge in [0.05, 0.1) is 19.1 Å². The highest BCUT2D eigenvalue weighted by molar-refractivity contribution is 5.75. The van der Waals surface area contributed by atoms with Gasteiger partial charge in [0, 0.05) is 38.0 Å². The van der Waals surface area contributed by atoms with Crippen molar-refractivity contribution in [3.05, 3.63) is 41.5 Å². The number of halogens is 3. The van der Waals surface area contributed by atoms with Gasteiger partial charge in [0.15, 0.2) is 5.82 Å². The third-order valence-electron chi connectivity index (χ3n) is 5.89. The lowest BCUT2D eigenvalue weighted by Crippen LogP contribution is -2.52. The molecule has 0 radical (unpaired) electrons. The van der Waals surface area contributed by atoms with E-state index in [0.29, 0.717) is 63.1 Å². The van der Waals surface area contributed by atoms with E-state index >= 15 is 0 Å². The number of amides is 2. The minimum absolute atomic E-state index is 0.0872. The van der Waals surface area contributed by atoms with Gasteiger partial charge < -0.3 is 23.8 Å². The highest BCUT2D eigenvalue weighted by Crippen LogP contribution is 2.37. The maximum atomic E-state index is 13.2. The number of aromatic nitrogens is 2. The standard InChI is InChI=1S/C22H27F3N4O4/c1-14(2)19-26-20(33-27-19)17-10-16(15-4-3-5-18(11-15)32-22(23,24)25)12-29(13-17)21(30)28-6-8-31-9-7-28/h3-5,11,14,16-17H,6-10,12-13H2,1-2H3. The van der Waals surface area contributed by atoms with Crippen LogP contribution in [-0.2, 0) is 4.74 Å². The lowest BCUT2D eigenvalue weighted by molar-refractivity contribution is -0.274. The number of morpholine rings is 1. The van der Waals surface area contributed by atoms with Gasteiger partial charge in [-0.1, -0.05) is 31.1 Å². The predicted octanol–water partition coefficient (Wildman–Crippen LogP) is 4.12. The van der Waals surface area contributed by atoms with E-state index in [9.17, 15) is 18.0 Å². The predicted molar refractivity (Wildman–Crippen MR) is 111 cm³/mol. The van der Waals surface area contributed by atoms with Crippen LogP contribution in [0.25, 0.3) is 0 Å². The number of carbonyl (C=O) groups is 1. The van der Waals surface area contributed by atoms with E-state index < -0.39 is 6.36 Å². The molecule has 0 saturated carbocycles. The molecule has 0 bridgehead atoms. The third-order valence-corrected chi connectivity index (χ3v) is 5.89. The van der Waals surface area contributed by atoms with Gasteiger partial charge in [-0.3, -0.25) is 0 Å². The zero-order valence-electron chi connectivity index (χ0n) is 18.5. The smallest absolute Gasteiger partial charge is 0.406 e. The van der Waals surface area contributed by atoms with Gasteiger partial charge in [-0.15, -0.1) is 13.2 Å². The summed E-state index contributed by atoms with van der Waals surface area (Å²) in [6.45, 7) is 6.63. The molecule has 4 rings (SSSR count). The number of hydrogen-bond acceptors (Lipinski definition) is 6. The molecule has 2 aliphatic heterocycles. The van der Waals surface area contributed by atoms with Gasteiger partial charge in [-0.05, 0) is 24.1 Å². The Morgan fingerprint density at radius 1 is 1.15 bits per heavy atom. The number of likely N-dealkylation sites (tertiary alicyclic amines) is 1. The van der Waals surface area contributed by atoms with Crippen molar-refractivity contribution in [2.24, 2.45) is 0 Å². The van der Waals surface area contributed by atoms with Crippen molar-refractivity contribution in [2.75, 3.05) is 39.4 Å². The number of benzene rings is 1. The maximum Gasteiger partial charge on any atom is 0.573 e. The summed E-state index contributed by atoms with van der Waals surface area (Å²) in [5.41, 5.74) is 0.657. The molecular formula is C22H27F3N4O4. The van der Waals surface area contributed by atoms with E-state index in [4.69, 9.17) is 9.26 Å². The Bertz CT molecular complexity index is 959. The Labute approximate surface area is 189 Å². The molecule has 1 aromatic carbocycles. The monoisotopic (exact) mass is 468 g/mol. The van der Waals surface area contributed by atoms with Crippen LogP contribution in [0, 0.1) is 0 Å². The highest BCUT2D eigenvalue weighted by Gasteiger charge is 2.37. The number of piperidine rings is 1. The van der Waals surface area contributed by atoms with E-state index in [2.05, 4.69) is 14.9 Å². The third kappa shape index (κ3) is 5.76. The molecule has 0 N–H and O–H groups in total. The molecule has 33 heavy (non-hydrogen) atoms. The molecule has 2 saturated heterocycles. The minimum Gasteiger partial charge on any atom is -0.406 e. The fourth-order valence-electron chi connectivity index (χ4n) is 4.24. The van der Waals surface area contributed by atoms with E-state index in [0.717, 1.165) is 0 Å². The van der Waals surface area contributed by atoms with Crippen LogP contribution in [0.3, 0.4) is 0 Å². The van der Waals surface area contributed by atoms with E-state index in [1.807, 2.05) is 13.8 Å². The van der Waals surface area contributed by atoms with Crippen LogP contribution >= 0.6 is 0 Å². The molecule has 11 heteroatoms. The zero-order chi connectivity index (χ0) is 23.6. The van der Waals surface area contributed by atoms with Crippen LogP contribution in [0.4, 0.5) is 18.0 Å². The van der Waals surface area contributed by atoms with Crippen LogP contribution in [0.5, 0.6) is 5.75 Å². The molecule has 3 heterocycles. The number of hydrogen-bond donors (Lipinski definition) is 0. The van der Waals surface area contributed by atoms with Gasteiger partial charge in [-0.25, -0.2) is 4.79 Å². The van der Waals surface area contributed by atoms with Crippen molar-refractivity contribution in [3.63, 3.8) is 0 Å². The van der Waals surface area contributed by atoms with Gasteiger partial charge in [0.25, 0.3) is 0 Å². The van der Waals surface area contributed by atoms with Crippen LogP contribution < -0.4 is 4.74 Å². The molecule has 180 valence electrons. The zero-order valence-corrected chi connectivity index (χ0v) is 18.5. The molecule has 2 fully saturated rings. The highest BCUT2D eigenvalue weighted by atomic mass is 19.4. The van der Waals surface area contributed by atoms with Crippen LogP contribution in [-0.4, -0.2) is 71.7 Å². The van der Waals surface area contributed by atoms with Crippen LogP contribution in [0.1, 0.15) is 55.3 Å². The largest absolute Gasteiger partial charge is 0.573 e. The summed E-state index contributed by atoms with van der Waals surface area (Å²) in [5, 5.41) is 4.04. The van der Waals surface area contributed by atoms with Crippen LogP contribution in [0.15, 0.2) is 28.8 Å². The molecule has 1 aromatic heterocycles. The fraction of sp³-hybridized carbons (Fsp3) is 0.591. The SMILES string of the molecule is CC(C)c1noc(C2CC(c3cccc(OC(F)(F)F)c3)CN(C(=O)N3CCOCC3)C2)n1. The quantitative estimate of drug-likeness (QED) is 0.672. The Hall–Kier alpha value is -2.82. The summed E-state index contributed by atoms with van der Waals surface area (Å²) in [5.74, 6) is 0.364. The topological polar surface area (TPSA) is 80.9 Å². The number of nitrogens with zero attached hydrogens (tertiary/aromatic N) is 4. The Morgan fingerprint density at radius 2 is 1.88 bits per heavy atom. The normalized spacial score (nSPS) is 22.0. The first-order valence-corrected chi connectivity index (χ1v) is 11.0. The number of alkyl halides is 3. The lowest BCUT2D eigenvalue weighted by atomic mass is 9.84. The number of carbonyl (C=O) groups excluding carboxylic acids is 1. The summed E-state index contributed by atoms with van der Waals surface area (Å²) in [7, 11) is 0. The molecule has 2 aromatic rings. The number of urea groups is 1. The van der Waals surface area contributed by atoms with Gasteiger partial charge in [0.1, 0.15) is 5.75 Å². The fourth-order valence-corrected chi connectivity index (χ4v) is 4.24. The molecule has 2 aliphatic rings. The minimum atomic E-state index is -4.77. The van der Waals surface area contributed by atoms with E-state index in [1.54, 1.807) is 15.9 Å². The van der Waals surface area contributed by atoms with Crippen molar-refractivity contribution in [3.8, 4) is 5.75 Å². The first kappa shape index (κ1) is 23.3. The Balaban J connectivity index is 1.60. The summed E-state index contributed by atoms with van der Waals surface area (Å²) >= 11 is 0. The molecule has 2 unspecified atom stereocenters. The Kier molecular flexibility index (Phi) is 6.78. The second-order valence-corrected chi connectivity index (χ2v) is 8.68. The summed E-state index contributed by atoms with van der Waals surface area (Å²) in [6, 6.07) is 5.80. The lowest BCUT2D eigenvalue weighted by Gasteiger charge is -2.40. The van der Waals surface area contributed by atoms with Crippen LogP contribution in [0.2, 0.25) is 0 Å². The molecular weight excluding hydrogens is 441 g/mol. The van der Waals surface area contributed by atoms with Crippen molar-refractivity contribution in [1.82, 2.24) is 19.9 Å². The molecule has 0 spiro atoms. The molecule has 2 atom stereocenters. The van der Waals surface area contributed by atoms with E-state index in [1.165, 1.54) is 18.2 Å². The summed E-state index contributed by atoms with van der Waals surface area (Å²) < 4.78 is 53.1. The van der Waals surface area contributed by atoms with Gasteiger partial charge in [0.2, 0.25) is 5.89 Å². The summed E-state index contributed by atoms with van der Waals surface area (Å²) in [6.07, 6.45) is -4.22.